The van der Waals surface area contributed by atoms with Gasteiger partial charge in [-0.05, 0) is 30.4 Å². The summed E-state index contributed by atoms with van der Waals surface area (Å²) >= 11 is 0. The highest BCUT2D eigenvalue weighted by molar-refractivity contribution is 5.80. The summed E-state index contributed by atoms with van der Waals surface area (Å²) in [6, 6.07) is 7.70. The van der Waals surface area contributed by atoms with Gasteiger partial charge in [-0.1, -0.05) is 38.1 Å². The number of nitrogens with one attached hydrogen (secondary N) is 1. The molecule has 0 heterocycles. The number of hydrogen-bond donors (Lipinski definition) is 2. The van der Waals surface area contributed by atoms with Gasteiger partial charge in [-0.15, -0.1) is 0 Å². The van der Waals surface area contributed by atoms with E-state index in [1.165, 1.54) is 16.0 Å². The Morgan fingerprint density at radius 1 is 1.29 bits per heavy atom. The van der Waals surface area contributed by atoms with Gasteiger partial charge in [0.2, 0.25) is 0 Å². The Balaban J connectivity index is 2.49. The van der Waals surface area contributed by atoms with Gasteiger partial charge >= 0.3 is 12.0 Å². The van der Waals surface area contributed by atoms with Crippen LogP contribution in [0.5, 0.6) is 0 Å². The molecule has 1 rings (SSSR count). The maximum atomic E-state index is 12.0. The van der Waals surface area contributed by atoms with Crippen LogP contribution in [0.15, 0.2) is 24.3 Å². The molecule has 0 aliphatic carbocycles. The van der Waals surface area contributed by atoms with E-state index >= 15 is 0 Å². The molecular weight excluding hydrogens is 268 g/mol. The molecule has 0 aromatic heterocycles. The Kier molecular flexibility index (Phi) is 6.72. The summed E-state index contributed by atoms with van der Waals surface area (Å²) in [6.07, 6.45) is 0.737. The van der Waals surface area contributed by atoms with Crippen molar-refractivity contribution in [1.29, 1.82) is 0 Å². The zero-order chi connectivity index (χ0) is 15.8. The third kappa shape index (κ3) is 6.29. The van der Waals surface area contributed by atoms with Crippen molar-refractivity contribution < 1.29 is 14.7 Å². The number of benzene rings is 1. The Morgan fingerprint density at radius 2 is 1.95 bits per heavy atom. The molecule has 0 bridgehead atoms. The van der Waals surface area contributed by atoms with Crippen molar-refractivity contribution >= 4 is 12.0 Å². The smallest absolute Gasteiger partial charge is 0.323 e. The molecule has 0 radical (unpaired) electrons. The molecule has 2 amide bonds. The third-order valence-electron chi connectivity index (χ3n) is 3.13. The molecule has 0 aliphatic heterocycles. The number of aliphatic carboxylic acids is 1. The number of nitrogens with zero attached hydrogens (tertiary/aromatic N) is 1. The minimum absolute atomic E-state index is 0.228. The van der Waals surface area contributed by atoms with E-state index in [1.807, 2.05) is 45.0 Å². The lowest BCUT2D eigenvalue weighted by Gasteiger charge is -2.23. The minimum Gasteiger partial charge on any atom is -0.480 e. The van der Waals surface area contributed by atoms with Crippen LogP contribution in [0.2, 0.25) is 0 Å². The topological polar surface area (TPSA) is 69.6 Å². The zero-order valence-electron chi connectivity index (χ0n) is 12.9. The summed E-state index contributed by atoms with van der Waals surface area (Å²) in [5.74, 6) is -0.767. The Labute approximate surface area is 126 Å². The molecule has 0 aliphatic rings. The summed E-state index contributed by atoms with van der Waals surface area (Å²) < 4.78 is 0. The van der Waals surface area contributed by atoms with Crippen molar-refractivity contribution in [2.45, 2.75) is 27.2 Å². The Bertz CT molecular complexity index is 486. The highest BCUT2D eigenvalue weighted by Crippen LogP contribution is 2.07. The molecule has 1 aromatic rings. The lowest BCUT2D eigenvalue weighted by molar-refractivity contribution is -0.137. The van der Waals surface area contributed by atoms with Crippen molar-refractivity contribution in [3.63, 3.8) is 0 Å². The number of carbonyl (C=O) groups is 2. The monoisotopic (exact) mass is 292 g/mol. The molecule has 0 atom stereocenters. The van der Waals surface area contributed by atoms with Crippen molar-refractivity contribution in [1.82, 2.24) is 10.2 Å². The molecule has 1 aromatic carbocycles. The number of rotatable bonds is 7. The molecule has 0 saturated carbocycles. The predicted octanol–water partition coefficient (Wildman–Crippen LogP) is 2.29. The van der Waals surface area contributed by atoms with Crippen LogP contribution in [0, 0.1) is 12.8 Å². The van der Waals surface area contributed by atoms with E-state index in [4.69, 9.17) is 5.11 Å². The maximum absolute atomic E-state index is 12.0. The SMILES string of the molecule is Cc1ccccc1CCNC(=O)N(CC(=O)O)CC(C)C. The third-order valence-corrected chi connectivity index (χ3v) is 3.13. The first-order chi connectivity index (χ1) is 9.90. The summed E-state index contributed by atoms with van der Waals surface area (Å²) in [7, 11) is 0. The van der Waals surface area contributed by atoms with Crippen LogP contribution in [0.4, 0.5) is 4.79 Å². The highest BCUT2D eigenvalue weighted by Gasteiger charge is 2.17. The molecule has 0 saturated heterocycles. The number of carboxylic acid groups (broad SMARTS) is 1. The van der Waals surface area contributed by atoms with Gasteiger partial charge in [-0.2, -0.15) is 0 Å². The van der Waals surface area contributed by atoms with Crippen molar-refractivity contribution in [2.75, 3.05) is 19.6 Å². The summed E-state index contributed by atoms with van der Waals surface area (Å²) in [6.45, 7) is 6.60. The fourth-order valence-corrected chi connectivity index (χ4v) is 2.13. The predicted molar refractivity (Wildman–Crippen MR) is 82.3 cm³/mol. The largest absolute Gasteiger partial charge is 0.480 e. The second-order valence-corrected chi connectivity index (χ2v) is 5.58. The molecule has 21 heavy (non-hydrogen) atoms. The van der Waals surface area contributed by atoms with Crippen LogP contribution in [0.3, 0.4) is 0 Å². The molecular formula is C16H24N2O3. The van der Waals surface area contributed by atoms with Crippen molar-refractivity contribution in [3.05, 3.63) is 35.4 Å². The summed E-state index contributed by atoms with van der Waals surface area (Å²) in [5.41, 5.74) is 2.38. The van der Waals surface area contributed by atoms with Gasteiger partial charge in [0.1, 0.15) is 6.54 Å². The fourth-order valence-electron chi connectivity index (χ4n) is 2.13. The van der Waals surface area contributed by atoms with Gasteiger partial charge in [0.25, 0.3) is 0 Å². The van der Waals surface area contributed by atoms with E-state index in [0.717, 1.165) is 6.42 Å². The number of urea groups is 1. The standard InChI is InChI=1S/C16H24N2O3/c1-12(2)10-18(11-15(19)20)16(21)17-9-8-14-7-5-4-6-13(14)3/h4-7,12H,8-11H2,1-3H3,(H,17,21)(H,19,20). The van der Waals surface area contributed by atoms with Gasteiger partial charge in [-0.25, -0.2) is 4.79 Å². The van der Waals surface area contributed by atoms with Crippen molar-refractivity contribution in [3.8, 4) is 0 Å². The van der Waals surface area contributed by atoms with E-state index in [0.29, 0.717) is 13.1 Å². The van der Waals surface area contributed by atoms with Gasteiger partial charge in [0.15, 0.2) is 0 Å². The van der Waals surface area contributed by atoms with Crippen LogP contribution in [0.25, 0.3) is 0 Å². The first-order valence-corrected chi connectivity index (χ1v) is 7.19. The molecule has 5 nitrogen and oxygen atoms in total. The number of aryl methyl sites for hydroxylation is 1. The van der Waals surface area contributed by atoms with Crippen molar-refractivity contribution in [2.24, 2.45) is 5.92 Å². The Hall–Kier alpha value is -2.04. The first-order valence-electron chi connectivity index (χ1n) is 7.19. The zero-order valence-corrected chi connectivity index (χ0v) is 12.9. The van der Waals surface area contributed by atoms with Crippen LogP contribution < -0.4 is 5.32 Å². The average Bonchev–Trinajstić information content (AvgIpc) is 2.39. The number of carboxylic acids is 1. The summed E-state index contributed by atoms with van der Waals surface area (Å²) in [4.78, 5) is 24.2. The van der Waals surface area contributed by atoms with Crippen LogP contribution in [0.1, 0.15) is 25.0 Å². The molecule has 116 valence electrons. The van der Waals surface area contributed by atoms with Gasteiger partial charge in [0.05, 0.1) is 0 Å². The molecule has 2 N–H and O–H groups in total. The molecule has 0 unspecified atom stereocenters. The highest BCUT2D eigenvalue weighted by atomic mass is 16.4. The maximum Gasteiger partial charge on any atom is 0.323 e. The quantitative estimate of drug-likeness (QED) is 0.810. The lowest BCUT2D eigenvalue weighted by Crippen LogP contribution is -2.45. The number of amides is 2. The van der Waals surface area contributed by atoms with E-state index in [-0.39, 0.29) is 18.5 Å². The minimum atomic E-state index is -0.996. The van der Waals surface area contributed by atoms with Gasteiger partial charge in [-0.3, -0.25) is 4.79 Å². The normalized spacial score (nSPS) is 10.5. The molecule has 0 spiro atoms. The fraction of sp³-hybridized carbons (Fsp3) is 0.500. The number of carbonyl (C=O) groups excluding carboxylic acids is 1. The average molecular weight is 292 g/mol. The summed E-state index contributed by atoms with van der Waals surface area (Å²) in [5, 5.41) is 11.7. The second kappa shape index (κ2) is 8.29. The van der Waals surface area contributed by atoms with Gasteiger partial charge in [0, 0.05) is 13.1 Å². The first kappa shape index (κ1) is 17.0. The van der Waals surface area contributed by atoms with E-state index < -0.39 is 5.97 Å². The van der Waals surface area contributed by atoms with Crippen LogP contribution >= 0.6 is 0 Å². The van der Waals surface area contributed by atoms with Gasteiger partial charge < -0.3 is 15.3 Å². The van der Waals surface area contributed by atoms with Crippen LogP contribution in [-0.2, 0) is 11.2 Å². The molecule has 0 fully saturated rings. The van der Waals surface area contributed by atoms with Crippen LogP contribution in [-0.4, -0.2) is 41.6 Å². The number of hydrogen-bond acceptors (Lipinski definition) is 2. The second-order valence-electron chi connectivity index (χ2n) is 5.58. The molecule has 5 heteroatoms. The lowest BCUT2D eigenvalue weighted by atomic mass is 10.1. The Morgan fingerprint density at radius 3 is 2.52 bits per heavy atom. The van der Waals surface area contributed by atoms with E-state index in [1.54, 1.807) is 0 Å². The van der Waals surface area contributed by atoms with E-state index in [2.05, 4.69) is 5.32 Å². The van der Waals surface area contributed by atoms with E-state index in [9.17, 15) is 9.59 Å².